The molecule has 1 aromatic rings. The first-order valence-electron chi connectivity index (χ1n) is 4.43. The van der Waals surface area contributed by atoms with E-state index in [1.165, 1.54) is 11.5 Å². The molecule has 0 aromatic carbocycles. The van der Waals surface area contributed by atoms with Crippen LogP contribution in [0, 0.1) is 0 Å². The minimum absolute atomic E-state index is 0.0382. The van der Waals surface area contributed by atoms with E-state index in [9.17, 15) is 0 Å². The van der Waals surface area contributed by atoms with Crippen LogP contribution >= 0.6 is 23.3 Å². The maximum Gasteiger partial charge on any atom is 0.169 e. The van der Waals surface area contributed by atoms with Crippen LogP contribution in [0.3, 0.4) is 0 Å². The minimum Gasteiger partial charge on any atom is -0.394 e. The van der Waals surface area contributed by atoms with Gasteiger partial charge in [0.15, 0.2) is 4.34 Å². The Morgan fingerprint density at radius 3 is 3.07 bits per heavy atom. The van der Waals surface area contributed by atoms with Gasteiger partial charge in [-0.2, -0.15) is 4.37 Å². The second-order valence-corrected chi connectivity index (χ2v) is 5.59. The van der Waals surface area contributed by atoms with E-state index in [1.54, 1.807) is 18.1 Å². The third-order valence-electron chi connectivity index (χ3n) is 1.82. The molecule has 6 heteroatoms. The lowest BCUT2D eigenvalue weighted by Crippen LogP contribution is -2.40. The molecule has 0 saturated carbocycles. The second-order valence-electron chi connectivity index (χ2n) is 3.47. The summed E-state index contributed by atoms with van der Waals surface area (Å²) in [5, 5.41) is 8.93. The quantitative estimate of drug-likeness (QED) is 0.569. The molecule has 1 unspecified atom stereocenters. The predicted octanol–water partition coefficient (Wildman–Crippen LogP) is 1.12. The molecule has 0 fully saturated rings. The SMILES string of the molecule is CC(N)(CO)CCCSc1ncns1. The van der Waals surface area contributed by atoms with Gasteiger partial charge < -0.3 is 10.8 Å². The summed E-state index contributed by atoms with van der Waals surface area (Å²) in [6, 6.07) is 0. The van der Waals surface area contributed by atoms with E-state index in [2.05, 4.69) is 9.36 Å². The molecule has 0 aliphatic carbocycles. The number of aromatic nitrogens is 2. The summed E-state index contributed by atoms with van der Waals surface area (Å²) < 4.78 is 4.90. The molecule has 0 spiro atoms. The van der Waals surface area contributed by atoms with E-state index in [1.807, 2.05) is 6.92 Å². The summed E-state index contributed by atoms with van der Waals surface area (Å²) in [5.41, 5.74) is 5.35. The molecule has 4 nitrogen and oxygen atoms in total. The van der Waals surface area contributed by atoms with Gasteiger partial charge in [0.1, 0.15) is 6.33 Å². The average molecular weight is 233 g/mol. The van der Waals surface area contributed by atoms with Crippen molar-refractivity contribution in [3.05, 3.63) is 6.33 Å². The Kier molecular flexibility index (Phi) is 4.80. The van der Waals surface area contributed by atoms with Gasteiger partial charge in [-0.3, -0.25) is 0 Å². The summed E-state index contributed by atoms with van der Waals surface area (Å²) in [5.74, 6) is 0.974. The molecular weight excluding hydrogens is 218 g/mol. The van der Waals surface area contributed by atoms with Crippen LogP contribution < -0.4 is 5.73 Å². The molecule has 0 bridgehead atoms. The van der Waals surface area contributed by atoms with Crippen LogP contribution in [0.25, 0.3) is 0 Å². The molecule has 0 saturated heterocycles. The first kappa shape index (κ1) is 11.9. The van der Waals surface area contributed by atoms with Crippen LogP contribution in [0.5, 0.6) is 0 Å². The second kappa shape index (κ2) is 5.65. The van der Waals surface area contributed by atoms with Gasteiger partial charge in [0.2, 0.25) is 0 Å². The summed E-state index contributed by atoms with van der Waals surface area (Å²) in [7, 11) is 0. The van der Waals surface area contributed by atoms with Crippen LogP contribution in [-0.4, -0.2) is 32.4 Å². The molecule has 0 aliphatic rings. The molecule has 80 valence electrons. The zero-order chi connectivity index (χ0) is 10.4. The van der Waals surface area contributed by atoms with Crippen LogP contribution in [-0.2, 0) is 0 Å². The van der Waals surface area contributed by atoms with E-state index in [4.69, 9.17) is 10.8 Å². The normalized spacial score (nSPS) is 15.4. The van der Waals surface area contributed by atoms with Crippen molar-refractivity contribution < 1.29 is 5.11 Å². The van der Waals surface area contributed by atoms with Gasteiger partial charge in [0, 0.05) is 11.3 Å². The Morgan fingerprint density at radius 2 is 2.50 bits per heavy atom. The Labute approximate surface area is 92.1 Å². The average Bonchev–Trinajstić information content (AvgIpc) is 2.65. The molecule has 1 heterocycles. The predicted molar refractivity (Wildman–Crippen MR) is 59.5 cm³/mol. The highest BCUT2D eigenvalue weighted by atomic mass is 32.2. The van der Waals surface area contributed by atoms with Gasteiger partial charge in [0.05, 0.1) is 6.61 Å². The van der Waals surface area contributed by atoms with Gasteiger partial charge in [-0.15, -0.1) is 0 Å². The number of nitrogens with two attached hydrogens (primary N) is 1. The maximum absolute atomic E-state index is 8.93. The highest BCUT2D eigenvalue weighted by molar-refractivity contribution is 8.00. The number of aliphatic hydroxyl groups excluding tert-OH is 1. The van der Waals surface area contributed by atoms with E-state index >= 15 is 0 Å². The van der Waals surface area contributed by atoms with Crippen molar-refractivity contribution in [2.75, 3.05) is 12.4 Å². The first-order chi connectivity index (χ1) is 6.64. The lowest BCUT2D eigenvalue weighted by molar-refractivity contribution is 0.200. The van der Waals surface area contributed by atoms with Gasteiger partial charge in [-0.05, 0) is 31.3 Å². The van der Waals surface area contributed by atoms with E-state index in [0.717, 1.165) is 22.9 Å². The third kappa shape index (κ3) is 4.36. The third-order valence-corrected chi connectivity index (χ3v) is 3.70. The molecule has 14 heavy (non-hydrogen) atoms. The van der Waals surface area contributed by atoms with Crippen molar-refractivity contribution in [2.45, 2.75) is 29.6 Å². The molecule has 1 atom stereocenters. The van der Waals surface area contributed by atoms with E-state index in [0.29, 0.717) is 0 Å². The van der Waals surface area contributed by atoms with Crippen molar-refractivity contribution in [3.8, 4) is 0 Å². The number of hydrogen-bond acceptors (Lipinski definition) is 6. The van der Waals surface area contributed by atoms with E-state index in [-0.39, 0.29) is 6.61 Å². The van der Waals surface area contributed by atoms with Crippen LogP contribution in [0.4, 0.5) is 0 Å². The van der Waals surface area contributed by atoms with Crippen LogP contribution in [0.1, 0.15) is 19.8 Å². The number of aliphatic hydroxyl groups is 1. The maximum atomic E-state index is 8.93. The number of thioether (sulfide) groups is 1. The molecule has 1 rings (SSSR count). The van der Waals surface area contributed by atoms with Crippen LogP contribution in [0.2, 0.25) is 0 Å². The van der Waals surface area contributed by atoms with Crippen molar-refractivity contribution in [1.82, 2.24) is 9.36 Å². The molecule has 0 radical (unpaired) electrons. The lowest BCUT2D eigenvalue weighted by atomic mass is 9.99. The molecular formula is C8H15N3OS2. The highest BCUT2D eigenvalue weighted by Crippen LogP contribution is 2.20. The van der Waals surface area contributed by atoms with Gasteiger partial charge in [-0.1, -0.05) is 11.8 Å². The first-order valence-corrected chi connectivity index (χ1v) is 6.19. The number of hydrogen-bond donors (Lipinski definition) is 2. The Morgan fingerprint density at radius 1 is 1.71 bits per heavy atom. The zero-order valence-corrected chi connectivity index (χ0v) is 9.77. The standard InChI is InChI=1S/C8H15N3OS2/c1-8(9,5-12)3-2-4-13-7-10-6-11-14-7/h6,12H,2-5,9H2,1H3. The summed E-state index contributed by atoms with van der Waals surface area (Å²) in [6.45, 7) is 1.90. The monoisotopic (exact) mass is 233 g/mol. The fraction of sp³-hybridized carbons (Fsp3) is 0.750. The van der Waals surface area contributed by atoms with E-state index < -0.39 is 5.54 Å². The molecule has 0 amide bonds. The number of rotatable bonds is 6. The zero-order valence-electron chi connectivity index (χ0n) is 8.14. The fourth-order valence-corrected chi connectivity index (χ4v) is 2.39. The van der Waals surface area contributed by atoms with Crippen LogP contribution in [0.15, 0.2) is 10.7 Å². The van der Waals surface area contributed by atoms with Gasteiger partial charge in [-0.25, -0.2) is 4.98 Å². The van der Waals surface area contributed by atoms with Crippen molar-refractivity contribution in [1.29, 1.82) is 0 Å². The molecule has 3 N–H and O–H groups in total. The topological polar surface area (TPSA) is 72.0 Å². The Hall–Kier alpha value is -0.170. The largest absolute Gasteiger partial charge is 0.394 e. The summed E-state index contributed by atoms with van der Waals surface area (Å²) in [4.78, 5) is 4.06. The molecule has 1 aromatic heterocycles. The lowest BCUT2D eigenvalue weighted by Gasteiger charge is -2.20. The minimum atomic E-state index is -0.443. The summed E-state index contributed by atoms with van der Waals surface area (Å²) >= 11 is 3.09. The highest BCUT2D eigenvalue weighted by Gasteiger charge is 2.15. The van der Waals surface area contributed by atoms with Gasteiger partial charge >= 0.3 is 0 Å². The van der Waals surface area contributed by atoms with Crippen molar-refractivity contribution in [3.63, 3.8) is 0 Å². The Bertz CT molecular complexity index is 251. The molecule has 0 aliphatic heterocycles. The Balaban J connectivity index is 2.11. The summed E-state index contributed by atoms with van der Waals surface area (Å²) in [6.07, 6.45) is 3.38. The fourth-order valence-electron chi connectivity index (χ4n) is 0.941. The van der Waals surface area contributed by atoms with Gasteiger partial charge in [0.25, 0.3) is 0 Å². The van der Waals surface area contributed by atoms with Crippen molar-refractivity contribution in [2.24, 2.45) is 5.73 Å². The van der Waals surface area contributed by atoms with Crippen molar-refractivity contribution >= 4 is 23.3 Å². The smallest absolute Gasteiger partial charge is 0.169 e. The number of nitrogens with zero attached hydrogens (tertiary/aromatic N) is 2.